The van der Waals surface area contributed by atoms with Crippen LogP contribution in [0.4, 0.5) is 10.5 Å². The zero-order chi connectivity index (χ0) is 16.1. The molecule has 22 heavy (non-hydrogen) atoms. The molecule has 7 nitrogen and oxygen atoms in total. The summed E-state index contributed by atoms with van der Waals surface area (Å²) in [5, 5.41) is 11.7. The molecule has 0 spiro atoms. The smallest absolute Gasteiger partial charge is 0.322 e. The number of benzene rings is 1. The predicted octanol–water partition coefficient (Wildman–Crippen LogP) is 1.23. The second kappa shape index (κ2) is 6.93. The highest BCUT2D eigenvalue weighted by Crippen LogP contribution is 2.17. The normalized spacial score (nSPS) is 18.2. The molecule has 1 aliphatic rings. The molecule has 1 aromatic carbocycles. The number of carboxylic acids is 1. The number of likely N-dealkylation sites (N-methyl/N-ethyl adjacent to an activating group) is 1. The van der Waals surface area contributed by atoms with Crippen molar-refractivity contribution in [1.82, 2.24) is 9.80 Å². The molecule has 0 aliphatic carbocycles. The van der Waals surface area contributed by atoms with Gasteiger partial charge in [0.1, 0.15) is 6.04 Å². The number of carbonyl (C=O) groups is 3. The van der Waals surface area contributed by atoms with E-state index in [1.54, 1.807) is 29.2 Å². The monoisotopic (exact) mass is 305 g/mol. The third kappa shape index (κ3) is 3.55. The molecule has 7 heteroatoms. The van der Waals surface area contributed by atoms with Crippen molar-refractivity contribution in [2.45, 2.75) is 19.4 Å². The molecule has 0 saturated carbocycles. The zero-order valence-electron chi connectivity index (χ0n) is 12.4. The van der Waals surface area contributed by atoms with Crippen molar-refractivity contribution in [3.8, 4) is 0 Å². The fourth-order valence-electron chi connectivity index (χ4n) is 2.48. The van der Waals surface area contributed by atoms with E-state index in [0.29, 0.717) is 25.3 Å². The number of nitrogens with zero attached hydrogens (tertiary/aromatic N) is 2. The van der Waals surface area contributed by atoms with E-state index in [4.69, 9.17) is 5.11 Å². The van der Waals surface area contributed by atoms with Gasteiger partial charge in [-0.1, -0.05) is 18.2 Å². The van der Waals surface area contributed by atoms with Crippen LogP contribution < -0.4 is 5.32 Å². The molecule has 1 aromatic rings. The van der Waals surface area contributed by atoms with E-state index in [1.165, 1.54) is 4.90 Å². The Morgan fingerprint density at radius 2 is 1.95 bits per heavy atom. The fourth-order valence-corrected chi connectivity index (χ4v) is 2.48. The summed E-state index contributed by atoms with van der Waals surface area (Å²) in [4.78, 5) is 38.5. The summed E-state index contributed by atoms with van der Waals surface area (Å²) in [7, 11) is 0. The largest absolute Gasteiger partial charge is 0.481 e. The Balaban J connectivity index is 2.14. The van der Waals surface area contributed by atoms with E-state index in [9.17, 15) is 14.4 Å². The van der Waals surface area contributed by atoms with E-state index in [2.05, 4.69) is 5.32 Å². The minimum Gasteiger partial charge on any atom is -0.481 e. The Morgan fingerprint density at radius 3 is 2.55 bits per heavy atom. The molecular weight excluding hydrogens is 286 g/mol. The number of rotatable bonds is 4. The van der Waals surface area contributed by atoms with Crippen molar-refractivity contribution in [1.29, 1.82) is 0 Å². The van der Waals surface area contributed by atoms with Crippen LogP contribution >= 0.6 is 0 Å². The number of urea groups is 1. The quantitative estimate of drug-likeness (QED) is 0.875. The second-order valence-corrected chi connectivity index (χ2v) is 5.02. The van der Waals surface area contributed by atoms with Crippen LogP contribution in [0, 0.1) is 0 Å². The first-order valence-corrected chi connectivity index (χ1v) is 7.16. The molecule has 2 rings (SSSR count). The Hall–Kier alpha value is -2.57. The number of anilines is 1. The van der Waals surface area contributed by atoms with Crippen molar-refractivity contribution < 1.29 is 19.5 Å². The number of amides is 3. The first-order chi connectivity index (χ1) is 10.5. The number of para-hydroxylation sites is 1. The summed E-state index contributed by atoms with van der Waals surface area (Å²) in [5.74, 6) is -1.42. The topological polar surface area (TPSA) is 89.9 Å². The van der Waals surface area contributed by atoms with Crippen molar-refractivity contribution in [3.63, 3.8) is 0 Å². The minimum absolute atomic E-state index is 0.316. The highest BCUT2D eigenvalue weighted by molar-refractivity contribution is 5.96. The molecule has 0 bridgehead atoms. The molecule has 1 atom stereocenters. The average molecular weight is 305 g/mol. The lowest BCUT2D eigenvalue weighted by Gasteiger charge is -2.39. The maximum absolute atomic E-state index is 12.4. The van der Waals surface area contributed by atoms with E-state index >= 15 is 0 Å². The van der Waals surface area contributed by atoms with E-state index in [-0.39, 0.29) is 5.91 Å². The molecule has 3 amide bonds. The van der Waals surface area contributed by atoms with Gasteiger partial charge in [-0.25, -0.2) is 4.79 Å². The molecule has 1 saturated heterocycles. The number of carbonyl (C=O) groups excluding carboxylic acids is 2. The summed E-state index contributed by atoms with van der Waals surface area (Å²) in [5.41, 5.74) is 0.604. The number of aliphatic carboxylic acids is 1. The van der Waals surface area contributed by atoms with E-state index in [1.807, 2.05) is 13.0 Å². The van der Waals surface area contributed by atoms with Gasteiger partial charge < -0.3 is 20.2 Å². The number of nitrogens with one attached hydrogen (secondary N) is 1. The summed E-state index contributed by atoms with van der Waals surface area (Å²) in [6, 6.07) is 7.43. The van der Waals surface area contributed by atoms with Crippen molar-refractivity contribution in [2.24, 2.45) is 0 Å². The third-order valence-electron chi connectivity index (χ3n) is 3.62. The lowest BCUT2D eigenvalue weighted by atomic mass is 10.1. The van der Waals surface area contributed by atoms with Crippen LogP contribution in [0.15, 0.2) is 30.3 Å². The van der Waals surface area contributed by atoms with Gasteiger partial charge in [-0.2, -0.15) is 0 Å². The lowest BCUT2D eigenvalue weighted by molar-refractivity contribution is -0.147. The zero-order valence-corrected chi connectivity index (χ0v) is 12.4. The van der Waals surface area contributed by atoms with Crippen LogP contribution in [0.5, 0.6) is 0 Å². The van der Waals surface area contributed by atoms with Crippen LogP contribution in [0.1, 0.15) is 13.3 Å². The third-order valence-corrected chi connectivity index (χ3v) is 3.62. The first-order valence-electron chi connectivity index (χ1n) is 7.16. The standard InChI is InChI=1S/C15H19N3O4/c1-2-17-8-9-18(12(14(17)21)10-13(19)20)15(22)16-11-6-4-3-5-7-11/h3-7,12H,2,8-10H2,1H3,(H,16,22)(H,19,20). The van der Waals surface area contributed by atoms with Gasteiger partial charge in [0.15, 0.2) is 0 Å². The summed E-state index contributed by atoms with van der Waals surface area (Å²) < 4.78 is 0. The number of carboxylic acid groups (broad SMARTS) is 1. The summed E-state index contributed by atoms with van der Waals surface area (Å²) in [6.45, 7) is 3.06. The summed E-state index contributed by atoms with van der Waals surface area (Å²) >= 11 is 0. The van der Waals surface area contributed by atoms with Crippen LogP contribution in [0.25, 0.3) is 0 Å². The maximum atomic E-state index is 12.4. The van der Waals surface area contributed by atoms with Crippen LogP contribution in [-0.4, -0.2) is 58.5 Å². The van der Waals surface area contributed by atoms with E-state index in [0.717, 1.165) is 0 Å². The van der Waals surface area contributed by atoms with Gasteiger partial charge in [-0.15, -0.1) is 0 Å². The van der Waals surface area contributed by atoms with Gasteiger partial charge in [0.05, 0.1) is 6.42 Å². The Labute approximate surface area is 128 Å². The average Bonchev–Trinajstić information content (AvgIpc) is 2.49. The fraction of sp³-hybridized carbons (Fsp3) is 0.400. The molecule has 1 heterocycles. The molecule has 118 valence electrons. The van der Waals surface area contributed by atoms with Crippen LogP contribution in [0.3, 0.4) is 0 Å². The number of piperazine rings is 1. The highest BCUT2D eigenvalue weighted by Gasteiger charge is 2.38. The predicted molar refractivity (Wildman–Crippen MR) is 80.5 cm³/mol. The highest BCUT2D eigenvalue weighted by atomic mass is 16.4. The number of hydrogen-bond donors (Lipinski definition) is 2. The van der Waals surface area contributed by atoms with Crippen molar-refractivity contribution >= 4 is 23.6 Å². The molecule has 0 radical (unpaired) electrons. The number of hydrogen-bond acceptors (Lipinski definition) is 3. The molecular formula is C15H19N3O4. The van der Waals surface area contributed by atoms with Crippen molar-refractivity contribution in [3.05, 3.63) is 30.3 Å². The van der Waals surface area contributed by atoms with Crippen molar-refractivity contribution in [2.75, 3.05) is 25.0 Å². The van der Waals surface area contributed by atoms with Gasteiger partial charge >= 0.3 is 12.0 Å². The summed E-state index contributed by atoms with van der Waals surface area (Å²) in [6.07, 6.45) is -0.391. The van der Waals surface area contributed by atoms with Gasteiger partial charge in [-0.05, 0) is 19.1 Å². The molecule has 1 fully saturated rings. The Kier molecular flexibility index (Phi) is 4.98. The van der Waals surface area contributed by atoms with Gasteiger partial charge in [-0.3, -0.25) is 9.59 Å². The SMILES string of the molecule is CCN1CCN(C(=O)Nc2ccccc2)C(CC(=O)O)C1=O. The lowest BCUT2D eigenvalue weighted by Crippen LogP contribution is -2.60. The van der Waals surface area contributed by atoms with E-state index < -0.39 is 24.5 Å². The van der Waals surface area contributed by atoms with Gasteiger partial charge in [0, 0.05) is 25.3 Å². The van der Waals surface area contributed by atoms with Crippen LogP contribution in [0.2, 0.25) is 0 Å². The Bertz CT molecular complexity index is 561. The minimum atomic E-state index is -1.10. The van der Waals surface area contributed by atoms with Crippen LogP contribution in [-0.2, 0) is 9.59 Å². The molecule has 1 aliphatic heterocycles. The maximum Gasteiger partial charge on any atom is 0.322 e. The first kappa shape index (κ1) is 15.8. The molecule has 0 aromatic heterocycles. The molecule has 1 unspecified atom stereocenters. The van der Waals surface area contributed by atoms with Gasteiger partial charge in [0.2, 0.25) is 5.91 Å². The Morgan fingerprint density at radius 1 is 1.27 bits per heavy atom. The molecule has 2 N–H and O–H groups in total. The van der Waals surface area contributed by atoms with Gasteiger partial charge in [0.25, 0.3) is 0 Å². The second-order valence-electron chi connectivity index (χ2n) is 5.02.